The number of hydrogen-bond acceptors (Lipinski definition) is 3. The third-order valence-corrected chi connectivity index (χ3v) is 3.75. The number of benzene rings is 1. The van der Waals surface area contributed by atoms with Crippen molar-refractivity contribution in [3.05, 3.63) is 35.1 Å². The SMILES string of the molecule is CC(O)C(=O)N1CCN(C(=O)c2ccc(F)cc2C(F)(F)F)CC1. The minimum Gasteiger partial charge on any atom is -0.384 e. The Morgan fingerprint density at radius 1 is 1.12 bits per heavy atom. The largest absolute Gasteiger partial charge is 0.417 e. The first-order valence-corrected chi connectivity index (χ1v) is 7.24. The molecule has 1 N–H and O–H groups in total. The molecule has 1 unspecified atom stereocenters. The van der Waals surface area contributed by atoms with Crippen LogP contribution in [0.1, 0.15) is 22.8 Å². The van der Waals surface area contributed by atoms with Gasteiger partial charge in [0.25, 0.3) is 11.8 Å². The molecule has 9 heteroatoms. The summed E-state index contributed by atoms with van der Waals surface area (Å²) in [5.41, 5.74) is -1.95. The second-order valence-corrected chi connectivity index (χ2v) is 5.48. The number of rotatable bonds is 2. The Morgan fingerprint density at radius 2 is 1.67 bits per heavy atom. The van der Waals surface area contributed by atoms with E-state index < -0.39 is 41.0 Å². The monoisotopic (exact) mass is 348 g/mol. The van der Waals surface area contributed by atoms with Crippen LogP contribution in [-0.4, -0.2) is 59.0 Å². The molecule has 24 heavy (non-hydrogen) atoms. The van der Waals surface area contributed by atoms with Gasteiger partial charge in [-0.25, -0.2) is 4.39 Å². The lowest BCUT2D eigenvalue weighted by atomic mass is 10.0. The van der Waals surface area contributed by atoms with Crippen LogP contribution in [0.3, 0.4) is 0 Å². The number of piperazine rings is 1. The van der Waals surface area contributed by atoms with Crippen LogP contribution in [0.15, 0.2) is 18.2 Å². The zero-order valence-corrected chi connectivity index (χ0v) is 12.8. The third kappa shape index (κ3) is 3.84. The van der Waals surface area contributed by atoms with Gasteiger partial charge in [-0.3, -0.25) is 9.59 Å². The van der Waals surface area contributed by atoms with Crippen molar-refractivity contribution in [3.8, 4) is 0 Å². The number of amides is 2. The van der Waals surface area contributed by atoms with Crippen LogP contribution in [0, 0.1) is 5.82 Å². The van der Waals surface area contributed by atoms with Crippen molar-refractivity contribution >= 4 is 11.8 Å². The van der Waals surface area contributed by atoms with E-state index in [4.69, 9.17) is 0 Å². The summed E-state index contributed by atoms with van der Waals surface area (Å²) in [6.07, 6.45) is -6.03. The molecule has 0 spiro atoms. The summed E-state index contributed by atoms with van der Waals surface area (Å²) < 4.78 is 52.1. The summed E-state index contributed by atoms with van der Waals surface area (Å²) in [4.78, 5) is 26.5. The number of carbonyl (C=O) groups is 2. The maximum Gasteiger partial charge on any atom is 0.417 e. The molecule has 1 fully saturated rings. The van der Waals surface area contributed by atoms with Crippen LogP contribution in [0.4, 0.5) is 17.6 Å². The molecule has 1 saturated heterocycles. The van der Waals surface area contributed by atoms with Crippen molar-refractivity contribution in [1.82, 2.24) is 9.80 Å². The lowest BCUT2D eigenvalue weighted by Crippen LogP contribution is -2.52. The predicted octanol–water partition coefficient (Wildman–Crippen LogP) is 1.51. The van der Waals surface area contributed by atoms with E-state index in [9.17, 15) is 32.3 Å². The van der Waals surface area contributed by atoms with Gasteiger partial charge in [0.2, 0.25) is 0 Å². The molecule has 2 amide bonds. The molecule has 1 aromatic rings. The van der Waals surface area contributed by atoms with E-state index >= 15 is 0 Å². The molecular formula is C15H16F4N2O3. The summed E-state index contributed by atoms with van der Waals surface area (Å²) in [5, 5.41) is 9.25. The smallest absolute Gasteiger partial charge is 0.384 e. The zero-order valence-electron chi connectivity index (χ0n) is 12.8. The normalized spacial score (nSPS) is 16.9. The van der Waals surface area contributed by atoms with Crippen molar-refractivity contribution in [3.63, 3.8) is 0 Å². The molecule has 1 aromatic carbocycles. The van der Waals surface area contributed by atoms with Crippen LogP contribution in [0.2, 0.25) is 0 Å². The van der Waals surface area contributed by atoms with Crippen molar-refractivity contribution in [2.24, 2.45) is 0 Å². The van der Waals surface area contributed by atoms with Crippen molar-refractivity contribution in [1.29, 1.82) is 0 Å². The van der Waals surface area contributed by atoms with Gasteiger partial charge in [0.05, 0.1) is 11.1 Å². The van der Waals surface area contributed by atoms with E-state index in [1.54, 1.807) is 0 Å². The maximum absolute atomic E-state index is 13.1. The average Bonchev–Trinajstić information content (AvgIpc) is 2.52. The molecular weight excluding hydrogens is 332 g/mol. The Kier molecular flexibility index (Phi) is 5.12. The van der Waals surface area contributed by atoms with Gasteiger partial charge < -0.3 is 14.9 Å². The van der Waals surface area contributed by atoms with Gasteiger partial charge in [0.15, 0.2) is 0 Å². The quantitative estimate of drug-likeness (QED) is 0.825. The molecule has 0 aromatic heterocycles. The molecule has 0 radical (unpaired) electrons. The Balaban J connectivity index is 2.16. The summed E-state index contributed by atoms with van der Waals surface area (Å²) >= 11 is 0. The highest BCUT2D eigenvalue weighted by molar-refractivity contribution is 5.96. The molecule has 0 saturated carbocycles. The van der Waals surface area contributed by atoms with E-state index in [0.29, 0.717) is 6.07 Å². The number of hydrogen-bond donors (Lipinski definition) is 1. The van der Waals surface area contributed by atoms with E-state index in [0.717, 1.165) is 12.1 Å². The standard InChI is InChI=1S/C15H16F4N2O3/c1-9(22)13(23)20-4-6-21(7-5-20)14(24)11-3-2-10(16)8-12(11)15(17,18)19/h2-3,8-9,22H,4-7H2,1H3. The van der Waals surface area contributed by atoms with Gasteiger partial charge in [0.1, 0.15) is 11.9 Å². The topological polar surface area (TPSA) is 60.9 Å². The Labute approximate surface area is 135 Å². The summed E-state index contributed by atoms with van der Waals surface area (Å²) in [6.45, 7) is 1.60. The van der Waals surface area contributed by atoms with E-state index in [-0.39, 0.29) is 26.2 Å². The second-order valence-electron chi connectivity index (χ2n) is 5.48. The van der Waals surface area contributed by atoms with Crippen LogP contribution < -0.4 is 0 Å². The highest BCUT2D eigenvalue weighted by atomic mass is 19.4. The van der Waals surface area contributed by atoms with Crippen molar-refractivity contribution in [2.45, 2.75) is 19.2 Å². The molecule has 0 bridgehead atoms. The first-order chi connectivity index (χ1) is 11.1. The molecule has 1 aliphatic rings. The van der Waals surface area contributed by atoms with Crippen molar-refractivity contribution < 1.29 is 32.3 Å². The molecule has 0 aliphatic carbocycles. The maximum atomic E-state index is 13.1. The van der Waals surface area contributed by atoms with Crippen LogP contribution in [-0.2, 0) is 11.0 Å². The minimum absolute atomic E-state index is 0.0337. The number of alkyl halides is 3. The summed E-state index contributed by atoms with van der Waals surface area (Å²) in [7, 11) is 0. The molecule has 132 valence electrons. The van der Waals surface area contributed by atoms with E-state index in [1.165, 1.54) is 16.7 Å². The fourth-order valence-electron chi connectivity index (χ4n) is 2.50. The number of nitrogens with zero attached hydrogens (tertiary/aromatic N) is 2. The third-order valence-electron chi connectivity index (χ3n) is 3.75. The van der Waals surface area contributed by atoms with Gasteiger partial charge in [-0.1, -0.05) is 0 Å². The number of halogens is 4. The van der Waals surface area contributed by atoms with Crippen molar-refractivity contribution in [2.75, 3.05) is 26.2 Å². The van der Waals surface area contributed by atoms with Crippen LogP contribution in [0.5, 0.6) is 0 Å². The second kappa shape index (κ2) is 6.76. The fraction of sp³-hybridized carbons (Fsp3) is 0.467. The van der Waals surface area contributed by atoms with Gasteiger partial charge in [-0.15, -0.1) is 0 Å². The van der Waals surface area contributed by atoms with Crippen LogP contribution >= 0.6 is 0 Å². The highest BCUT2D eigenvalue weighted by Crippen LogP contribution is 2.33. The number of carbonyl (C=O) groups excluding carboxylic acids is 2. The first kappa shape index (κ1) is 18.2. The molecule has 5 nitrogen and oxygen atoms in total. The summed E-state index contributed by atoms with van der Waals surface area (Å²) in [6, 6.07) is 1.91. The Bertz CT molecular complexity index is 638. The fourth-order valence-corrected chi connectivity index (χ4v) is 2.50. The molecule has 1 atom stereocenters. The van der Waals surface area contributed by atoms with Gasteiger partial charge >= 0.3 is 6.18 Å². The molecule has 1 aliphatic heterocycles. The lowest BCUT2D eigenvalue weighted by molar-refractivity contribution is -0.140. The average molecular weight is 348 g/mol. The van der Waals surface area contributed by atoms with Gasteiger partial charge in [0, 0.05) is 26.2 Å². The predicted molar refractivity (Wildman–Crippen MR) is 75.6 cm³/mol. The lowest BCUT2D eigenvalue weighted by Gasteiger charge is -2.35. The minimum atomic E-state index is -4.85. The van der Waals surface area contributed by atoms with E-state index in [2.05, 4.69) is 0 Å². The Morgan fingerprint density at radius 3 is 2.17 bits per heavy atom. The number of aliphatic hydroxyl groups excluding tert-OH is 1. The van der Waals surface area contributed by atoms with Gasteiger partial charge in [-0.05, 0) is 25.1 Å². The highest BCUT2D eigenvalue weighted by Gasteiger charge is 2.37. The van der Waals surface area contributed by atoms with E-state index in [1.807, 2.05) is 0 Å². The molecule has 2 rings (SSSR count). The van der Waals surface area contributed by atoms with Gasteiger partial charge in [-0.2, -0.15) is 13.2 Å². The molecule has 1 heterocycles. The number of aliphatic hydroxyl groups is 1. The Hall–Kier alpha value is -2.16. The van der Waals surface area contributed by atoms with Crippen LogP contribution in [0.25, 0.3) is 0 Å². The zero-order chi connectivity index (χ0) is 18.1. The summed E-state index contributed by atoms with van der Waals surface area (Å²) in [5.74, 6) is -2.45. The first-order valence-electron chi connectivity index (χ1n) is 7.24.